The number of esters is 1. The van der Waals surface area contributed by atoms with Crippen molar-refractivity contribution in [2.75, 3.05) is 7.11 Å². The second kappa shape index (κ2) is 4.59. The molecule has 0 saturated heterocycles. The Morgan fingerprint density at radius 1 is 1.53 bits per heavy atom. The fourth-order valence-electron chi connectivity index (χ4n) is 1.12. The van der Waals surface area contributed by atoms with Crippen molar-refractivity contribution in [3.05, 3.63) is 32.6 Å². The third-order valence-corrected chi connectivity index (χ3v) is 2.01. The van der Waals surface area contributed by atoms with Gasteiger partial charge < -0.3 is 9.72 Å². The maximum atomic E-state index is 11.5. The molecular formula is C9H12N2O4. The predicted molar refractivity (Wildman–Crippen MR) is 52.7 cm³/mol. The van der Waals surface area contributed by atoms with Crippen molar-refractivity contribution in [3.8, 4) is 0 Å². The highest BCUT2D eigenvalue weighted by Gasteiger charge is 2.06. The van der Waals surface area contributed by atoms with Gasteiger partial charge >= 0.3 is 11.7 Å². The van der Waals surface area contributed by atoms with Crippen molar-refractivity contribution in [2.24, 2.45) is 0 Å². The van der Waals surface area contributed by atoms with Crippen LogP contribution in [0.1, 0.15) is 12.0 Å². The second-order valence-corrected chi connectivity index (χ2v) is 3.06. The monoisotopic (exact) mass is 212 g/mol. The number of methoxy groups -OCH3 is 1. The van der Waals surface area contributed by atoms with E-state index in [1.54, 1.807) is 6.92 Å². The van der Waals surface area contributed by atoms with Gasteiger partial charge in [0.2, 0.25) is 0 Å². The van der Waals surface area contributed by atoms with E-state index in [1.165, 1.54) is 13.3 Å². The molecule has 0 saturated carbocycles. The minimum atomic E-state index is -0.519. The normalized spacial score (nSPS) is 10.0. The molecule has 15 heavy (non-hydrogen) atoms. The van der Waals surface area contributed by atoms with Gasteiger partial charge in [-0.15, -0.1) is 0 Å². The molecule has 0 bridgehead atoms. The van der Waals surface area contributed by atoms with Gasteiger partial charge in [0.25, 0.3) is 5.56 Å². The van der Waals surface area contributed by atoms with Crippen molar-refractivity contribution in [2.45, 2.75) is 19.9 Å². The standard InChI is InChI=1S/C9H12N2O4/c1-6-5-10-9(14)11(8(6)13)4-3-7(12)15-2/h5H,3-4H2,1-2H3,(H,10,14). The number of hydrogen-bond donors (Lipinski definition) is 1. The number of nitrogens with one attached hydrogen (secondary N) is 1. The predicted octanol–water partition coefficient (Wildman–Crippen LogP) is -0.592. The molecule has 0 radical (unpaired) electrons. The molecule has 1 N–H and O–H groups in total. The topological polar surface area (TPSA) is 81.2 Å². The Morgan fingerprint density at radius 3 is 2.80 bits per heavy atom. The molecule has 0 aliphatic rings. The zero-order valence-corrected chi connectivity index (χ0v) is 8.57. The third kappa shape index (κ3) is 2.55. The molecule has 0 aromatic carbocycles. The Labute approximate surface area is 85.5 Å². The quantitative estimate of drug-likeness (QED) is 0.679. The summed E-state index contributed by atoms with van der Waals surface area (Å²) in [5.41, 5.74) is -0.475. The summed E-state index contributed by atoms with van der Waals surface area (Å²) in [5, 5.41) is 0. The van der Waals surface area contributed by atoms with Crippen molar-refractivity contribution >= 4 is 5.97 Å². The Balaban J connectivity index is 2.95. The first kappa shape index (κ1) is 11.2. The summed E-state index contributed by atoms with van der Waals surface area (Å²) in [6.07, 6.45) is 1.35. The molecule has 6 heteroatoms. The van der Waals surface area contributed by atoms with Crippen molar-refractivity contribution < 1.29 is 9.53 Å². The molecule has 0 spiro atoms. The van der Waals surface area contributed by atoms with Gasteiger partial charge in [-0.3, -0.25) is 14.2 Å². The number of aromatic amines is 1. The lowest BCUT2D eigenvalue weighted by Crippen LogP contribution is -2.36. The summed E-state index contributed by atoms with van der Waals surface area (Å²) in [4.78, 5) is 36.0. The van der Waals surface area contributed by atoms with Crippen molar-refractivity contribution in [1.29, 1.82) is 0 Å². The van der Waals surface area contributed by atoms with Crippen LogP contribution in [0.2, 0.25) is 0 Å². The highest BCUT2D eigenvalue weighted by Crippen LogP contribution is 1.87. The minimum Gasteiger partial charge on any atom is -0.469 e. The van der Waals surface area contributed by atoms with Gasteiger partial charge in [-0.25, -0.2) is 4.79 Å². The highest BCUT2D eigenvalue weighted by molar-refractivity contribution is 5.68. The van der Waals surface area contributed by atoms with Crippen molar-refractivity contribution in [3.63, 3.8) is 0 Å². The molecule has 1 rings (SSSR count). The summed E-state index contributed by atoms with van der Waals surface area (Å²) < 4.78 is 5.39. The van der Waals surface area contributed by atoms with E-state index in [1.807, 2.05) is 0 Å². The highest BCUT2D eigenvalue weighted by atomic mass is 16.5. The zero-order valence-electron chi connectivity index (χ0n) is 8.57. The van der Waals surface area contributed by atoms with Crippen LogP contribution < -0.4 is 11.2 Å². The molecular weight excluding hydrogens is 200 g/mol. The van der Waals surface area contributed by atoms with Gasteiger partial charge in [0.1, 0.15) is 0 Å². The van der Waals surface area contributed by atoms with E-state index in [0.29, 0.717) is 5.56 Å². The van der Waals surface area contributed by atoms with Gasteiger partial charge in [0.15, 0.2) is 0 Å². The maximum absolute atomic E-state index is 11.5. The third-order valence-electron chi connectivity index (χ3n) is 2.01. The minimum absolute atomic E-state index is 0.00292. The lowest BCUT2D eigenvalue weighted by molar-refractivity contribution is -0.140. The van der Waals surface area contributed by atoms with Gasteiger partial charge in [0, 0.05) is 18.3 Å². The van der Waals surface area contributed by atoms with E-state index >= 15 is 0 Å². The Morgan fingerprint density at radius 2 is 2.20 bits per heavy atom. The van der Waals surface area contributed by atoms with E-state index < -0.39 is 11.7 Å². The second-order valence-electron chi connectivity index (χ2n) is 3.06. The van der Waals surface area contributed by atoms with Crippen LogP contribution in [0.5, 0.6) is 0 Å². The largest absolute Gasteiger partial charge is 0.469 e. The molecule has 0 unspecified atom stereocenters. The Bertz CT molecular complexity index is 472. The number of rotatable bonds is 3. The van der Waals surface area contributed by atoms with Crippen LogP contribution in [0, 0.1) is 6.92 Å². The molecule has 0 amide bonds. The van der Waals surface area contributed by atoms with E-state index in [-0.39, 0.29) is 18.5 Å². The molecule has 0 aliphatic carbocycles. The number of aryl methyl sites for hydroxylation is 1. The molecule has 82 valence electrons. The van der Waals surface area contributed by atoms with Gasteiger partial charge in [-0.05, 0) is 6.92 Å². The molecule has 0 aliphatic heterocycles. The zero-order chi connectivity index (χ0) is 11.4. The van der Waals surface area contributed by atoms with Crippen molar-refractivity contribution in [1.82, 2.24) is 9.55 Å². The maximum Gasteiger partial charge on any atom is 0.328 e. The average molecular weight is 212 g/mol. The summed E-state index contributed by atoms with van der Waals surface area (Å²) in [6, 6.07) is 0. The lowest BCUT2D eigenvalue weighted by Gasteiger charge is -2.03. The first-order valence-corrected chi connectivity index (χ1v) is 4.42. The SMILES string of the molecule is COC(=O)CCn1c(=O)[nH]cc(C)c1=O. The van der Waals surface area contributed by atoms with E-state index in [2.05, 4.69) is 9.72 Å². The number of aromatic nitrogens is 2. The molecule has 1 aromatic rings. The van der Waals surface area contributed by atoms with Crippen LogP contribution in [0.25, 0.3) is 0 Å². The van der Waals surface area contributed by atoms with E-state index in [4.69, 9.17) is 0 Å². The molecule has 0 atom stereocenters. The summed E-state index contributed by atoms with van der Waals surface area (Å²) >= 11 is 0. The van der Waals surface area contributed by atoms with Crippen LogP contribution in [0.3, 0.4) is 0 Å². The van der Waals surface area contributed by atoms with Gasteiger partial charge in [-0.1, -0.05) is 0 Å². The van der Waals surface area contributed by atoms with E-state index in [0.717, 1.165) is 4.57 Å². The summed E-state index contributed by atoms with van der Waals surface area (Å²) in [6.45, 7) is 1.62. The van der Waals surface area contributed by atoms with Gasteiger partial charge in [0.05, 0.1) is 13.5 Å². The number of hydrogen-bond acceptors (Lipinski definition) is 4. The van der Waals surface area contributed by atoms with Gasteiger partial charge in [-0.2, -0.15) is 0 Å². The molecule has 1 heterocycles. The Kier molecular flexibility index (Phi) is 3.43. The number of nitrogens with zero attached hydrogens (tertiary/aromatic N) is 1. The first-order chi connectivity index (χ1) is 7.06. The number of H-pyrrole nitrogens is 1. The fourth-order valence-corrected chi connectivity index (χ4v) is 1.12. The number of ether oxygens (including phenoxy) is 1. The fraction of sp³-hybridized carbons (Fsp3) is 0.444. The number of carbonyl (C=O) groups is 1. The van der Waals surface area contributed by atoms with Crippen LogP contribution in [0.15, 0.2) is 15.8 Å². The molecule has 0 fully saturated rings. The average Bonchev–Trinajstić information content (AvgIpc) is 2.23. The van der Waals surface area contributed by atoms with E-state index in [9.17, 15) is 14.4 Å². The van der Waals surface area contributed by atoms with Crippen LogP contribution in [0.4, 0.5) is 0 Å². The summed E-state index contributed by atoms with van der Waals surface area (Å²) in [5.74, 6) is -0.456. The lowest BCUT2D eigenvalue weighted by atomic mass is 10.3. The van der Waals surface area contributed by atoms with Crippen LogP contribution in [-0.2, 0) is 16.1 Å². The smallest absolute Gasteiger partial charge is 0.328 e. The van der Waals surface area contributed by atoms with Crippen LogP contribution >= 0.6 is 0 Å². The summed E-state index contributed by atoms with van der Waals surface area (Å²) in [7, 11) is 1.26. The molecule has 1 aromatic heterocycles. The Hall–Kier alpha value is -1.85. The first-order valence-electron chi connectivity index (χ1n) is 4.42. The molecule has 6 nitrogen and oxygen atoms in total. The number of carbonyl (C=O) groups excluding carboxylic acids is 1. The van der Waals surface area contributed by atoms with Crippen LogP contribution in [-0.4, -0.2) is 22.6 Å².